The van der Waals surface area contributed by atoms with Crippen molar-refractivity contribution in [1.82, 2.24) is 19.9 Å². The topological polar surface area (TPSA) is 162 Å². The Morgan fingerprint density at radius 2 is 1.68 bits per heavy atom. The van der Waals surface area contributed by atoms with E-state index in [0.29, 0.717) is 44.7 Å². The van der Waals surface area contributed by atoms with Gasteiger partial charge in [-0.2, -0.15) is 9.56 Å². The Balaban J connectivity index is 0.778. The molecule has 6 aromatic rings. The third kappa shape index (κ3) is 7.18. The smallest absolute Gasteiger partial charge is 0.259 e. The number of aryl methyl sites for hydroxylation is 1. The maximum Gasteiger partial charge on any atom is 0.259 e. The predicted molar refractivity (Wildman–Crippen MR) is 263 cm³/mol. The molecule has 2 atom stereocenters. The number of pyridine rings is 1. The van der Waals surface area contributed by atoms with Crippen LogP contribution in [0, 0.1) is 0 Å². The normalized spacial score (nSPS) is 19.7. The van der Waals surface area contributed by atoms with Crippen LogP contribution in [0.4, 0.5) is 23.0 Å². The van der Waals surface area contributed by atoms with E-state index >= 15 is 0 Å². The summed E-state index contributed by atoms with van der Waals surface area (Å²) in [6.07, 6.45) is 5.69. The van der Waals surface area contributed by atoms with Crippen molar-refractivity contribution >= 4 is 79.0 Å². The van der Waals surface area contributed by atoms with Gasteiger partial charge in [0, 0.05) is 89.0 Å². The van der Waals surface area contributed by atoms with Gasteiger partial charge in [-0.05, 0) is 91.6 Å². The first kappa shape index (κ1) is 44.4. The van der Waals surface area contributed by atoms with Crippen molar-refractivity contribution in [2.75, 3.05) is 23.3 Å². The van der Waals surface area contributed by atoms with E-state index in [0.717, 1.165) is 82.1 Å². The minimum Gasteiger partial charge on any atom is -0.744 e. The predicted octanol–water partition coefficient (Wildman–Crippen LogP) is 8.74. The zero-order valence-electron chi connectivity index (χ0n) is 38.0. The van der Waals surface area contributed by atoms with Crippen LogP contribution in [-0.2, 0) is 50.5 Å². The molecule has 5 aliphatic heterocycles. The Hall–Kier alpha value is -6.16. The molecule has 0 spiro atoms. The number of carbonyl (C=O) groups is 1. The van der Waals surface area contributed by atoms with Crippen molar-refractivity contribution in [3.8, 4) is 11.1 Å². The van der Waals surface area contributed by atoms with Gasteiger partial charge in [-0.1, -0.05) is 67.4 Å². The molecule has 5 aliphatic rings. The monoisotopic (exact) mass is 967 g/mol. The Morgan fingerprint density at radius 3 is 2.43 bits per heavy atom. The van der Waals surface area contributed by atoms with Gasteiger partial charge >= 0.3 is 0 Å². The highest BCUT2D eigenvalue weighted by molar-refractivity contribution is 7.85. The highest BCUT2D eigenvalue weighted by atomic mass is 35.5. The van der Waals surface area contributed by atoms with Crippen LogP contribution in [-0.4, -0.2) is 69.0 Å². The summed E-state index contributed by atoms with van der Waals surface area (Å²) < 4.78 is 46.8. The van der Waals surface area contributed by atoms with Gasteiger partial charge in [0.25, 0.3) is 5.56 Å². The molecule has 2 aromatic heterocycles. The van der Waals surface area contributed by atoms with Crippen molar-refractivity contribution in [2.24, 2.45) is 7.05 Å². The summed E-state index contributed by atoms with van der Waals surface area (Å²) >= 11 is 12.8. The summed E-state index contributed by atoms with van der Waals surface area (Å²) in [4.78, 5) is 38.2. The zero-order valence-corrected chi connectivity index (χ0v) is 40.3. The molecule has 13 nitrogen and oxygen atoms in total. The van der Waals surface area contributed by atoms with E-state index in [1.807, 2.05) is 30.3 Å². The maximum absolute atomic E-state index is 13.4. The van der Waals surface area contributed by atoms with Crippen LogP contribution in [0.25, 0.3) is 22.2 Å². The number of nitrogens with zero attached hydrogens (tertiary/aromatic N) is 5. The lowest BCUT2D eigenvalue weighted by molar-refractivity contribution is -0.445. The molecular weight excluding hydrogens is 922 g/mol. The summed E-state index contributed by atoms with van der Waals surface area (Å²) in [5, 5.41) is 7.71. The number of carbonyl (C=O) groups excluding carboxylic acids is 1. The second-order valence-corrected chi connectivity index (χ2v) is 21.4. The molecule has 0 fully saturated rings. The fourth-order valence-electron chi connectivity index (χ4n) is 11.1. The Labute approximate surface area is 403 Å². The molecule has 1 amide bonds. The molecule has 346 valence electrons. The standard InChI is InChI=1S/C52H47Cl2N7O6S/c1-51(2)36-21-29(22-44(62)55-26-28-9-12-31(13-10-28)57-50-56-27-30-23-35(49(63)59(5)48(30)58-50)45-38(53)7-6-8-39(45)54)11-15-40(36)60-19-17-42-33(46(51)60)25-34-43(67-42)18-20-61-41-16-14-32(68(64,65)66)24-37(41)52(3,4)47(34)61/h6-16,21,23-25,27,42-43H,17-20,22,26H2,1-5H3,(H2-,55,56,57,58,62,63,64,65,66). The van der Waals surface area contributed by atoms with E-state index in [1.165, 1.54) is 16.3 Å². The second-order valence-electron chi connectivity index (χ2n) is 19.2. The van der Waals surface area contributed by atoms with Gasteiger partial charge in [0.15, 0.2) is 12.3 Å². The van der Waals surface area contributed by atoms with Crippen LogP contribution in [0.5, 0.6) is 0 Å². The number of ether oxygens (including phenoxy) is 1. The highest BCUT2D eigenvalue weighted by Crippen LogP contribution is 2.54. The molecule has 16 heteroatoms. The quantitative estimate of drug-likeness (QED) is 0.112. The van der Waals surface area contributed by atoms with Gasteiger partial charge in [0.2, 0.25) is 17.5 Å². The molecule has 0 saturated carbocycles. The lowest BCUT2D eigenvalue weighted by atomic mass is 9.74. The molecule has 0 bridgehead atoms. The van der Waals surface area contributed by atoms with Crippen molar-refractivity contribution in [3.05, 3.63) is 157 Å². The summed E-state index contributed by atoms with van der Waals surface area (Å²) in [6, 6.07) is 25.5. The molecule has 4 aromatic carbocycles. The van der Waals surface area contributed by atoms with Crippen LogP contribution in [0.15, 0.2) is 124 Å². The van der Waals surface area contributed by atoms with Crippen molar-refractivity contribution < 1.29 is 27.1 Å². The van der Waals surface area contributed by atoms with E-state index in [2.05, 4.69) is 76.0 Å². The number of amides is 1. The highest BCUT2D eigenvalue weighted by Gasteiger charge is 2.54. The van der Waals surface area contributed by atoms with Crippen LogP contribution in [0.2, 0.25) is 10.0 Å². The fourth-order valence-corrected chi connectivity index (χ4v) is 12.2. The number of aromatic nitrogens is 3. The summed E-state index contributed by atoms with van der Waals surface area (Å²) in [6.45, 7) is 10.6. The molecule has 11 rings (SSSR count). The number of anilines is 3. The first-order valence-electron chi connectivity index (χ1n) is 22.6. The minimum absolute atomic E-state index is 0.0608. The number of rotatable bonds is 8. The average Bonchev–Trinajstić information content (AvgIpc) is 3.68. The van der Waals surface area contributed by atoms with Gasteiger partial charge in [0.05, 0.1) is 44.5 Å². The molecule has 0 aliphatic carbocycles. The van der Waals surface area contributed by atoms with E-state index in [-0.39, 0.29) is 40.4 Å². The molecule has 2 unspecified atom stereocenters. The SMILES string of the molecule is Cn1c(=O)c(-c2c(Cl)cccc2Cl)cc2cnc(Nc3ccc(CNC(=O)Cc4ccc5c(c4)C(C)(C)C4=C6C=C7C8=[N+](CCC7OC6CCN45)c4ccc(S(=O)(=O)[O-])cc4C8(C)C)cc3)nc21. The van der Waals surface area contributed by atoms with E-state index in [4.69, 9.17) is 27.9 Å². The Kier molecular flexibility index (Phi) is 10.4. The summed E-state index contributed by atoms with van der Waals surface area (Å²) in [5.41, 5.74) is 11.2. The number of nitrogens with one attached hydrogen (secondary N) is 2. The molecule has 68 heavy (non-hydrogen) atoms. The van der Waals surface area contributed by atoms with Gasteiger partial charge in [-0.25, -0.2) is 13.4 Å². The third-order valence-electron chi connectivity index (χ3n) is 14.3. The fraction of sp³-hybridized carbons (Fsp3) is 0.288. The number of hydrogen-bond acceptors (Lipinski definition) is 10. The van der Waals surface area contributed by atoms with E-state index < -0.39 is 15.5 Å². The number of allylic oxidation sites excluding steroid dienone is 1. The summed E-state index contributed by atoms with van der Waals surface area (Å²) in [5.74, 6) is 0.229. The van der Waals surface area contributed by atoms with Gasteiger partial charge in [-0.15, -0.1) is 0 Å². The minimum atomic E-state index is -4.61. The van der Waals surface area contributed by atoms with Crippen molar-refractivity contribution in [3.63, 3.8) is 0 Å². The first-order valence-corrected chi connectivity index (χ1v) is 24.8. The molecule has 0 radical (unpaired) electrons. The molecule has 2 N–H and O–H groups in total. The number of hydrogen-bond donors (Lipinski definition) is 2. The van der Waals surface area contributed by atoms with Gasteiger partial charge in [-0.3, -0.25) is 14.2 Å². The molecular formula is C52H47Cl2N7O6S. The third-order valence-corrected chi connectivity index (χ3v) is 15.8. The van der Waals surface area contributed by atoms with Crippen molar-refractivity contribution in [2.45, 2.75) is 81.4 Å². The largest absolute Gasteiger partial charge is 0.744 e. The zero-order chi connectivity index (χ0) is 47.6. The van der Waals surface area contributed by atoms with Crippen molar-refractivity contribution in [1.29, 1.82) is 0 Å². The lowest BCUT2D eigenvalue weighted by Gasteiger charge is -2.42. The van der Waals surface area contributed by atoms with Crippen LogP contribution in [0.1, 0.15) is 62.8 Å². The van der Waals surface area contributed by atoms with Gasteiger partial charge in [0.1, 0.15) is 15.8 Å². The number of fused-ring (bicyclic) bond motifs is 9. The first-order chi connectivity index (χ1) is 32.4. The number of halogens is 2. The maximum atomic E-state index is 13.4. The van der Waals surface area contributed by atoms with E-state index in [9.17, 15) is 22.6 Å². The second kappa shape index (κ2) is 16.0. The lowest BCUT2D eigenvalue weighted by Crippen LogP contribution is -2.47. The molecule has 0 saturated heterocycles. The molecule has 7 heterocycles. The number of benzene rings is 4. The summed E-state index contributed by atoms with van der Waals surface area (Å²) in [7, 11) is -2.96. The van der Waals surface area contributed by atoms with Crippen LogP contribution in [0.3, 0.4) is 0 Å². The van der Waals surface area contributed by atoms with Gasteiger partial charge < -0.3 is 24.8 Å². The van der Waals surface area contributed by atoms with E-state index in [1.54, 1.807) is 49.6 Å². The Bertz CT molecular complexity index is 3450. The Morgan fingerprint density at radius 1 is 0.926 bits per heavy atom. The van der Waals surface area contributed by atoms with Crippen LogP contribution < -0.4 is 21.1 Å². The average molecular weight is 969 g/mol. The van der Waals surface area contributed by atoms with Crippen LogP contribution >= 0.6 is 23.2 Å².